The van der Waals surface area contributed by atoms with Crippen molar-refractivity contribution >= 4 is 15.9 Å². The zero-order chi connectivity index (χ0) is 8.10. The molecule has 0 aromatic carbocycles. The molecule has 0 radical (unpaired) electrons. The van der Waals surface area contributed by atoms with Gasteiger partial charge >= 0.3 is 0 Å². The molecule has 0 aliphatic carbocycles. The number of halogens is 1. The van der Waals surface area contributed by atoms with Crippen molar-refractivity contribution in [3.8, 4) is 0 Å². The van der Waals surface area contributed by atoms with Gasteiger partial charge in [-0.3, -0.25) is 0 Å². The van der Waals surface area contributed by atoms with Gasteiger partial charge in [-0.25, -0.2) is 0 Å². The van der Waals surface area contributed by atoms with Crippen LogP contribution in [-0.4, -0.2) is 18.0 Å². The fourth-order valence-electron chi connectivity index (χ4n) is 1.71. The zero-order valence-corrected chi connectivity index (χ0v) is 8.77. The van der Waals surface area contributed by atoms with Gasteiger partial charge in [0.05, 0.1) is 6.10 Å². The van der Waals surface area contributed by atoms with Crippen LogP contribution in [0.3, 0.4) is 0 Å². The maximum absolute atomic E-state index is 5.63. The van der Waals surface area contributed by atoms with Gasteiger partial charge in [-0.05, 0) is 25.2 Å². The number of hydrogen-bond donors (Lipinski definition) is 0. The molecule has 0 amide bonds. The lowest BCUT2D eigenvalue weighted by Gasteiger charge is -2.19. The Hall–Kier alpha value is 0.440. The first-order valence-corrected chi connectivity index (χ1v) is 5.68. The molecule has 2 unspecified atom stereocenters. The lowest BCUT2D eigenvalue weighted by molar-refractivity contribution is 0.0682. The van der Waals surface area contributed by atoms with Gasteiger partial charge in [-0.15, -0.1) is 0 Å². The van der Waals surface area contributed by atoms with Crippen LogP contribution in [0.25, 0.3) is 0 Å². The van der Waals surface area contributed by atoms with E-state index >= 15 is 0 Å². The minimum absolute atomic E-state index is 0.550. The van der Waals surface area contributed by atoms with Gasteiger partial charge in [0, 0.05) is 11.9 Å². The van der Waals surface area contributed by atoms with E-state index in [0.717, 1.165) is 17.9 Å². The molecule has 0 spiro atoms. The van der Waals surface area contributed by atoms with Crippen molar-refractivity contribution in [3.05, 3.63) is 0 Å². The minimum atomic E-state index is 0.550. The predicted octanol–water partition coefficient (Wildman–Crippen LogP) is 2.98. The van der Waals surface area contributed by atoms with E-state index in [9.17, 15) is 0 Å². The maximum Gasteiger partial charge on any atom is 0.0612 e. The van der Waals surface area contributed by atoms with Crippen LogP contribution in [-0.2, 0) is 4.74 Å². The van der Waals surface area contributed by atoms with Crippen molar-refractivity contribution in [3.63, 3.8) is 0 Å². The third kappa shape index (κ3) is 2.75. The van der Waals surface area contributed by atoms with E-state index in [-0.39, 0.29) is 0 Å². The molecule has 1 rings (SSSR count). The van der Waals surface area contributed by atoms with Crippen molar-refractivity contribution in [2.24, 2.45) is 5.92 Å². The summed E-state index contributed by atoms with van der Waals surface area (Å²) in [7, 11) is 0. The van der Waals surface area contributed by atoms with Gasteiger partial charge in [0.1, 0.15) is 0 Å². The second kappa shape index (κ2) is 5.15. The third-order valence-electron chi connectivity index (χ3n) is 2.35. The Morgan fingerprint density at radius 2 is 2.45 bits per heavy atom. The topological polar surface area (TPSA) is 9.23 Å². The van der Waals surface area contributed by atoms with Gasteiger partial charge < -0.3 is 4.74 Å². The monoisotopic (exact) mass is 220 g/mol. The molecule has 1 saturated heterocycles. The standard InChI is InChI=1S/C9H17BrO/c1-2-4-8(7-10)9-5-3-6-11-9/h8-9H,2-7H2,1H3. The average Bonchev–Trinajstić information content (AvgIpc) is 2.52. The SMILES string of the molecule is CCCC(CBr)C1CCCO1. The van der Waals surface area contributed by atoms with Crippen LogP contribution < -0.4 is 0 Å². The summed E-state index contributed by atoms with van der Waals surface area (Å²) in [5.41, 5.74) is 0. The summed E-state index contributed by atoms with van der Waals surface area (Å²) in [6.45, 7) is 3.22. The molecule has 0 aromatic heterocycles. The largest absolute Gasteiger partial charge is 0.378 e. The van der Waals surface area contributed by atoms with Crippen LogP contribution >= 0.6 is 15.9 Å². The van der Waals surface area contributed by atoms with Gasteiger partial charge in [-0.1, -0.05) is 29.3 Å². The Kier molecular flexibility index (Phi) is 4.46. The average molecular weight is 221 g/mol. The second-order valence-electron chi connectivity index (χ2n) is 3.25. The fraction of sp³-hybridized carbons (Fsp3) is 1.00. The minimum Gasteiger partial charge on any atom is -0.378 e. The zero-order valence-electron chi connectivity index (χ0n) is 7.18. The highest BCUT2D eigenvalue weighted by atomic mass is 79.9. The molecule has 11 heavy (non-hydrogen) atoms. The lowest BCUT2D eigenvalue weighted by Crippen LogP contribution is -2.20. The van der Waals surface area contributed by atoms with Crippen molar-refractivity contribution in [2.45, 2.75) is 38.7 Å². The summed E-state index contributed by atoms with van der Waals surface area (Å²) in [4.78, 5) is 0. The first-order chi connectivity index (χ1) is 5.38. The van der Waals surface area contributed by atoms with Crippen molar-refractivity contribution < 1.29 is 4.74 Å². The fourth-order valence-corrected chi connectivity index (χ4v) is 2.45. The first-order valence-electron chi connectivity index (χ1n) is 4.56. The molecule has 0 saturated carbocycles. The van der Waals surface area contributed by atoms with Crippen LogP contribution in [0.4, 0.5) is 0 Å². The van der Waals surface area contributed by atoms with E-state index in [1.165, 1.54) is 25.7 Å². The summed E-state index contributed by atoms with van der Waals surface area (Å²) >= 11 is 3.55. The Morgan fingerprint density at radius 3 is 2.91 bits per heavy atom. The number of hydrogen-bond acceptors (Lipinski definition) is 1. The molecule has 66 valence electrons. The number of alkyl halides is 1. The lowest BCUT2D eigenvalue weighted by atomic mass is 9.97. The summed E-state index contributed by atoms with van der Waals surface area (Å²) in [6, 6.07) is 0. The molecule has 2 heteroatoms. The van der Waals surface area contributed by atoms with Gasteiger partial charge in [0.15, 0.2) is 0 Å². The Labute approximate surface area is 77.6 Å². The van der Waals surface area contributed by atoms with E-state index in [1.807, 2.05) is 0 Å². The molecular formula is C9H17BrO. The van der Waals surface area contributed by atoms with Crippen molar-refractivity contribution in [1.29, 1.82) is 0 Å². The second-order valence-corrected chi connectivity index (χ2v) is 3.90. The van der Waals surface area contributed by atoms with E-state index in [0.29, 0.717) is 6.10 Å². The van der Waals surface area contributed by atoms with Gasteiger partial charge in [0.2, 0.25) is 0 Å². The summed E-state index contributed by atoms with van der Waals surface area (Å²) in [6.07, 6.45) is 5.66. The van der Waals surface area contributed by atoms with E-state index in [4.69, 9.17) is 4.74 Å². The molecule has 1 aliphatic heterocycles. The van der Waals surface area contributed by atoms with Crippen LogP contribution in [0.1, 0.15) is 32.6 Å². The highest BCUT2D eigenvalue weighted by Crippen LogP contribution is 2.25. The maximum atomic E-state index is 5.63. The van der Waals surface area contributed by atoms with Crippen LogP contribution in [0, 0.1) is 5.92 Å². The van der Waals surface area contributed by atoms with Gasteiger partial charge in [0.25, 0.3) is 0 Å². The van der Waals surface area contributed by atoms with E-state index in [1.54, 1.807) is 0 Å². The normalized spacial score (nSPS) is 27.3. The van der Waals surface area contributed by atoms with Crippen LogP contribution in [0.5, 0.6) is 0 Å². The van der Waals surface area contributed by atoms with E-state index in [2.05, 4.69) is 22.9 Å². The molecule has 1 nitrogen and oxygen atoms in total. The Bertz CT molecular complexity index is 99.7. The summed E-state index contributed by atoms with van der Waals surface area (Å²) in [5.74, 6) is 0.752. The summed E-state index contributed by atoms with van der Waals surface area (Å²) in [5, 5.41) is 1.10. The predicted molar refractivity (Wildman–Crippen MR) is 51.2 cm³/mol. The Balaban J connectivity index is 2.27. The molecule has 1 fully saturated rings. The smallest absolute Gasteiger partial charge is 0.0612 e. The quantitative estimate of drug-likeness (QED) is 0.663. The molecule has 1 aliphatic rings. The molecular weight excluding hydrogens is 204 g/mol. The number of rotatable bonds is 4. The van der Waals surface area contributed by atoms with Crippen LogP contribution in [0.15, 0.2) is 0 Å². The summed E-state index contributed by atoms with van der Waals surface area (Å²) < 4.78 is 5.63. The Morgan fingerprint density at radius 1 is 1.64 bits per heavy atom. The molecule has 0 aromatic rings. The van der Waals surface area contributed by atoms with E-state index < -0.39 is 0 Å². The van der Waals surface area contributed by atoms with Crippen molar-refractivity contribution in [2.75, 3.05) is 11.9 Å². The highest BCUT2D eigenvalue weighted by Gasteiger charge is 2.23. The van der Waals surface area contributed by atoms with Crippen molar-refractivity contribution in [1.82, 2.24) is 0 Å². The molecule has 1 heterocycles. The van der Waals surface area contributed by atoms with Gasteiger partial charge in [-0.2, -0.15) is 0 Å². The third-order valence-corrected chi connectivity index (χ3v) is 3.18. The molecule has 0 bridgehead atoms. The molecule has 0 N–H and O–H groups in total. The highest BCUT2D eigenvalue weighted by molar-refractivity contribution is 9.09. The number of ether oxygens (including phenoxy) is 1. The van der Waals surface area contributed by atoms with Crippen LogP contribution in [0.2, 0.25) is 0 Å². The molecule has 2 atom stereocenters. The first kappa shape index (κ1) is 9.53.